The highest BCUT2D eigenvalue weighted by atomic mass is 32.1. The van der Waals surface area contributed by atoms with E-state index in [0.717, 1.165) is 28.4 Å². The summed E-state index contributed by atoms with van der Waals surface area (Å²) in [4.78, 5) is 4.61. The second kappa shape index (κ2) is 7.58. The number of para-hydroxylation sites is 1. The average molecular weight is 331 g/mol. The van der Waals surface area contributed by atoms with E-state index in [1.807, 2.05) is 35.7 Å². The van der Waals surface area contributed by atoms with Crippen molar-refractivity contribution < 1.29 is 0 Å². The Balaban J connectivity index is 1.81. The van der Waals surface area contributed by atoms with Crippen LogP contribution in [-0.4, -0.2) is 4.98 Å². The van der Waals surface area contributed by atoms with Crippen LogP contribution in [0, 0.1) is 11.3 Å². The Labute approximate surface area is 145 Å². The van der Waals surface area contributed by atoms with Crippen molar-refractivity contribution in [2.45, 2.75) is 13.3 Å². The highest BCUT2D eigenvalue weighted by Crippen LogP contribution is 2.26. The third-order valence-electron chi connectivity index (χ3n) is 3.67. The van der Waals surface area contributed by atoms with E-state index < -0.39 is 0 Å². The molecular weight excluding hydrogens is 314 g/mol. The number of benzene rings is 2. The lowest BCUT2D eigenvalue weighted by atomic mass is 10.1. The zero-order valence-corrected chi connectivity index (χ0v) is 14.2. The maximum Gasteiger partial charge on any atom is 0.136 e. The standard InChI is InChI=1S/C20H17N3S/c1-2-15-8-10-16(11-9-15)19-14-24-20(23-19)17(12-21)13-22-18-6-4-3-5-7-18/h3-11,13-14,22H,2H2,1H3/b17-13-. The van der Waals surface area contributed by atoms with Gasteiger partial charge in [-0.05, 0) is 24.1 Å². The van der Waals surface area contributed by atoms with E-state index in [0.29, 0.717) is 5.57 Å². The van der Waals surface area contributed by atoms with Crippen molar-refractivity contribution in [1.82, 2.24) is 4.98 Å². The Morgan fingerprint density at radius 2 is 1.92 bits per heavy atom. The van der Waals surface area contributed by atoms with Crippen molar-refractivity contribution in [3.63, 3.8) is 0 Å². The first-order chi connectivity index (χ1) is 11.8. The largest absolute Gasteiger partial charge is 0.360 e. The molecule has 0 saturated heterocycles. The van der Waals surface area contributed by atoms with E-state index in [-0.39, 0.29) is 0 Å². The second-order valence-corrected chi connectivity index (χ2v) is 6.13. The van der Waals surface area contributed by atoms with Gasteiger partial charge in [0.1, 0.15) is 16.6 Å². The van der Waals surface area contributed by atoms with Gasteiger partial charge in [0.15, 0.2) is 0 Å². The molecule has 0 aliphatic heterocycles. The van der Waals surface area contributed by atoms with Gasteiger partial charge in [0.05, 0.1) is 5.69 Å². The predicted octanol–water partition coefficient (Wildman–Crippen LogP) is 5.35. The number of anilines is 1. The molecule has 3 rings (SSSR count). The molecule has 0 saturated carbocycles. The number of nitrogens with zero attached hydrogens (tertiary/aromatic N) is 2. The molecule has 0 atom stereocenters. The van der Waals surface area contributed by atoms with Gasteiger partial charge in [-0.3, -0.25) is 0 Å². The van der Waals surface area contributed by atoms with Gasteiger partial charge in [-0.1, -0.05) is 49.4 Å². The molecule has 118 valence electrons. The summed E-state index contributed by atoms with van der Waals surface area (Å²) in [5.41, 5.74) is 4.75. The third kappa shape index (κ3) is 3.70. The van der Waals surface area contributed by atoms with Gasteiger partial charge >= 0.3 is 0 Å². The molecule has 0 bridgehead atoms. The van der Waals surface area contributed by atoms with Crippen LogP contribution < -0.4 is 5.32 Å². The fourth-order valence-electron chi connectivity index (χ4n) is 2.27. The van der Waals surface area contributed by atoms with Gasteiger partial charge in [-0.25, -0.2) is 4.98 Å². The molecule has 0 amide bonds. The van der Waals surface area contributed by atoms with Crippen molar-refractivity contribution in [2.75, 3.05) is 5.32 Å². The number of allylic oxidation sites excluding steroid dienone is 1. The van der Waals surface area contributed by atoms with Gasteiger partial charge in [0.2, 0.25) is 0 Å². The molecule has 24 heavy (non-hydrogen) atoms. The van der Waals surface area contributed by atoms with E-state index in [2.05, 4.69) is 47.6 Å². The number of aromatic nitrogens is 1. The quantitative estimate of drug-likeness (QED) is 0.641. The van der Waals surface area contributed by atoms with Crippen LogP contribution in [0.25, 0.3) is 16.8 Å². The first kappa shape index (κ1) is 16.0. The van der Waals surface area contributed by atoms with E-state index in [1.54, 1.807) is 6.20 Å². The van der Waals surface area contributed by atoms with Crippen LogP contribution in [0.4, 0.5) is 5.69 Å². The number of rotatable bonds is 5. The first-order valence-corrected chi connectivity index (χ1v) is 8.65. The lowest BCUT2D eigenvalue weighted by molar-refractivity contribution is 1.14. The highest BCUT2D eigenvalue weighted by Gasteiger charge is 2.09. The van der Waals surface area contributed by atoms with E-state index in [9.17, 15) is 5.26 Å². The summed E-state index contributed by atoms with van der Waals surface area (Å²) in [6.45, 7) is 2.14. The Hall–Kier alpha value is -2.90. The lowest BCUT2D eigenvalue weighted by Gasteiger charge is -2.01. The van der Waals surface area contributed by atoms with Gasteiger partial charge in [0.25, 0.3) is 0 Å². The van der Waals surface area contributed by atoms with Gasteiger partial charge in [-0.15, -0.1) is 11.3 Å². The van der Waals surface area contributed by atoms with Crippen LogP contribution in [0.3, 0.4) is 0 Å². The maximum atomic E-state index is 9.41. The number of hydrogen-bond acceptors (Lipinski definition) is 4. The molecule has 2 aromatic carbocycles. The van der Waals surface area contributed by atoms with E-state index in [4.69, 9.17) is 0 Å². The summed E-state index contributed by atoms with van der Waals surface area (Å²) >= 11 is 1.48. The summed E-state index contributed by atoms with van der Waals surface area (Å²) in [6.07, 6.45) is 2.73. The topological polar surface area (TPSA) is 48.7 Å². The second-order valence-electron chi connectivity index (χ2n) is 5.27. The molecule has 0 aliphatic rings. The summed E-state index contributed by atoms with van der Waals surface area (Å²) in [6, 6.07) is 20.4. The van der Waals surface area contributed by atoms with Crippen LogP contribution in [0.2, 0.25) is 0 Å². The van der Waals surface area contributed by atoms with E-state index >= 15 is 0 Å². The molecule has 1 aromatic heterocycles. The predicted molar refractivity (Wildman–Crippen MR) is 101 cm³/mol. The Kier molecular flexibility index (Phi) is 5.05. The lowest BCUT2D eigenvalue weighted by Crippen LogP contribution is -1.90. The monoisotopic (exact) mass is 331 g/mol. The van der Waals surface area contributed by atoms with Crippen LogP contribution in [0.5, 0.6) is 0 Å². The maximum absolute atomic E-state index is 9.41. The van der Waals surface area contributed by atoms with Crippen LogP contribution in [0.15, 0.2) is 66.2 Å². The Morgan fingerprint density at radius 3 is 2.58 bits per heavy atom. The molecule has 1 heterocycles. The van der Waals surface area contributed by atoms with Crippen molar-refractivity contribution >= 4 is 22.6 Å². The smallest absolute Gasteiger partial charge is 0.136 e. The average Bonchev–Trinajstić information content (AvgIpc) is 3.13. The summed E-state index contributed by atoms with van der Waals surface area (Å²) in [5, 5.41) is 15.3. The number of nitrogens with one attached hydrogen (secondary N) is 1. The molecule has 0 unspecified atom stereocenters. The van der Waals surface area contributed by atoms with Crippen molar-refractivity contribution in [3.8, 4) is 17.3 Å². The fourth-order valence-corrected chi connectivity index (χ4v) is 3.07. The number of aryl methyl sites for hydroxylation is 1. The number of hydrogen-bond donors (Lipinski definition) is 1. The van der Waals surface area contributed by atoms with Gasteiger partial charge in [-0.2, -0.15) is 5.26 Å². The summed E-state index contributed by atoms with van der Waals surface area (Å²) in [5.74, 6) is 0. The van der Waals surface area contributed by atoms with Crippen LogP contribution in [-0.2, 0) is 6.42 Å². The van der Waals surface area contributed by atoms with Gasteiger partial charge in [0, 0.05) is 22.8 Å². The fraction of sp³-hybridized carbons (Fsp3) is 0.100. The minimum Gasteiger partial charge on any atom is -0.360 e. The molecule has 0 fully saturated rings. The normalized spacial score (nSPS) is 11.1. The molecule has 1 N–H and O–H groups in total. The van der Waals surface area contributed by atoms with Crippen LogP contribution >= 0.6 is 11.3 Å². The minimum absolute atomic E-state index is 0.528. The zero-order chi connectivity index (χ0) is 16.8. The molecule has 0 radical (unpaired) electrons. The first-order valence-electron chi connectivity index (χ1n) is 7.77. The van der Waals surface area contributed by atoms with Crippen molar-refractivity contribution in [1.29, 1.82) is 5.26 Å². The van der Waals surface area contributed by atoms with Gasteiger partial charge < -0.3 is 5.32 Å². The van der Waals surface area contributed by atoms with Crippen molar-refractivity contribution in [2.24, 2.45) is 0 Å². The summed E-state index contributed by atoms with van der Waals surface area (Å²) < 4.78 is 0. The number of nitriles is 1. The molecule has 0 spiro atoms. The van der Waals surface area contributed by atoms with E-state index in [1.165, 1.54) is 16.9 Å². The minimum atomic E-state index is 0.528. The SMILES string of the molecule is CCc1ccc(-c2csc(/C(C#N)=C\Nc3ccccc3)n2)cc1. The molecule has 4 heteroatoms. The summed E-state index contributed by atoms with van der Waals surface area (Å²) in [7, 11) is 0. The Morgan fingerprint density at radius 1 is 1.17 bits per heavy atom. The molecule has 3 nitrogen and oxygen atoms in total. The highest BCUT2D eigenvalue weighted by molar-refractivity contribution is 7.11. The molecular formula is C20H17N3S. The Bertz CT molecular complexity index is 871. The third-order valence-corrected chi connectivity index (χ3v) is 4.55. The van der Waals surface area contributed by atoms with Crippen molar-refractivity contribution in [3.05, 3.63) is 76.7 Å². The molecule has 0 aliphatic carbocycles. The number of thiazole rings is 1. The zero-order valence-electron chi connectivity index (χ0n) is 13.4. The van der Waals surface area contributed by atoms with Crippen LogP contribution in [0.1, 0.15) is 17.5 Å². The molecule has 3 aromatic rings.